The second kappa shape index (κ2) is 18.7. The molecule has 0 aliphatic carbocycles. The molecule has 0 unspecified atom stereocenters. The van der Waals surface area contributed by atoms with E-state index in [0.717, 1.165) is 30.4 Å². The lowest BCUT2D eigenvalue weighted by molar-refractivity contribution is -0.115. The van der Waals surface area contributed by atoms with Crippen molar-refractivity contribution in [1.29, 1.82) is 5.26 Å². The second-order valence-corrected chi connectivity index (χ2v) is 12.5. The molecule has 0 aliphatic rings. The lowest BCUT2D eigenvalue weighted by Gasteiger charge is -2.17. The number of Topliss-reactive ketones (excluding diaryl/α,β-unsaturated/α-hetero) is 1. The molecule has 0 saturated heterocycles. The lowest BCUT2D eigenvalue weighted by Crippen LogP contribution is -2.17. The van der Waals surface area contributed by atoms with Crippen LogP contribution < -0.4 is 10.1 Å². The van der Waals surface area contributed by atoms with E-state index in [1.54, 1.807) is 33.2 Å². The van der Waals surface area contributed by atoms with E-state index in [4.69, 9.17) is 4.74 Å². The van der Waals surface area contributed by atoms with Crippen molar-refractivity contribution in [3.05, 3.63) is 132 Å². The molecule has 0 radical (unpaired) electrons. The Morgan fingerprint density at radius 2 is 1.46 bits per heavy atom. The van der Waals surface area contributed by atoms with Gasteiger partial charge >= 0.3 is 0 Å². The number of ketones is 1. The molecule has 0 bridgehead atoms. The number of thioether (sulfide) groups is 1. The quantitative estimate of drug-likeness (QED) is 0.0571. The number of ether oxygens (including phenoxy) is 1. The molecule has 0 aliphatic heterocycles. The fourth-order valence-electron chi connectivity index (χ4n) is 4.92. The van der Waals surface area contributed by atoms with Gasteiger partial charge in [0.2, 0.25) is 6.41 Å². The molecule has 50 heavy (non-hydrogen) atoms. The SMILES string of the molecule is CCCCOc1ccc(-c2c(C#N)c(SCC(=O)c3ccc(-c4ccccc4)cc3)nc(C)c2C(=O)Nc2ccccc2)cc1.CN(C)C=O. The van der Waals surface area contributed by atoms with E-state index < -0.39 is 0 Å². The van der Waals surface area contributed by atoms with Gasteiger partial charge in [0.15, 0.2) is 5.78 Å². The van der Waals surface area contributed by atoms with Gasteiger partial charge in [-0.25, -0.2) is 4.98 Å². The smallest absolute Gasteiger partial charge is 0.258 e. The van der Waals surface area contributed by atoms with Crippen molar-refractivity contribution in [2.75, 3.05) is 31.8 Å². The normalized spacial score (nSPS) is 10.2. The van der Waals surface area contributed by atoms with Gasteiger partial charge in [0.25, 0.3) is 5.91 Å². The first-order valence-corrected chi connectivity index (χ1v) is 17.2. The topological polar surface area (TPSA) is 112 Å². The van der Waals surface area contributed by atoms with Gasteiger partial charge in [0, 0.05) is 30.9 Å². The number of hydrogen-bond acceptors (Lipinski definition) is 7. The van der Waals surface area contributed by atoms with Crippen LogP contribution in [-0.4, -0.2) is 54.4 Å². The largest absolute Gasteiger partial charge is 0.494 e. The van der Waals surface area contributed by atoms with Crippen LogP contribution in [0.4, 0.5) is 5.69 Å². The zero-order valence-corrected chi connectivity index (χ0v) is 29.5. The predicted molar refractivity (Wildman–Crippen MR) is 201 cm³/mol. The van der Waals surface area contributed by atoms with Gasteiger partial charge in [0.1, 0.15) is 16.8 Å². The van der Waals surface area contributed by atoms with Crippen molar-refractivity contribution in [3.8, 4) is 34.1 Å². The third-order valence-corrected chi connectivity index (χ3v) is 8.47. The van der Waals surface area contributed by atoms with Crippen LogP contribution in [0.3, 0.4) is 0 Å². The number of hydrogen-bond donors (Lipinski definition) is 1. The van der Waals surface area contributed by atoms with E-state index in [-0.39, 0.29) is 23.0 Å². The van der Waals surface area contributed by atoms with Crippen molar-refractivity contribution in [2.45, 2.75) is 31.7 Å². The molecule has 1 N–H and O–H groups in total. The Labute approximate surface area is 298 Å². The number of amides is 2. The standard InChI is InChI=1S/C38H33N3O3S.C3H7NO/c1-3-4-23-44-32-21-19-30(20-22-32)36-33(24-39)38(40-26(2)35(36)37(43)41-31-13-9-6-10-14-31)45-25-34(42)29-17-15-28(16-18-29)27-11-7-5-8-12-27;1-4(2)3-5/h5-22H,3-4,23,25H2,1-2H3,(H,41,43);3H,1-2H3. The number of rotatable bonds is 13. The minimum Gasteiger partial charge on any atom is -0.494 e. The number of nitrogens with one attached hydrogen (secondary N) is 1. The Balaban J connectivity index is 0.00000105. The van der Waals surface area contributed by atoms with Gasteiger partial charge in [-0.1, -0.05) is 110 Å². The van der Waals surface area contributed by atoms with Crippen LogP contribution in [0.15, 0.2) is 114 Å². The summed E-state index contributed by atoms with van der Waals surface area (Å²) in [7, 11) is 3.38. The number of pyridine rings is 1. The highest BCUT2D eigenvalue weighted by Crippen LogP contribution is 2.36. The second-order valence-electron chi connectivity index (χ2n) is 11.5. The van der Waals surface area contributed by atoms with Crippen LogP contribution in [0.1, 0.15) is 51.7 Å². The van der Waals surface area contributed by atoms with Crippen LogP contribution in [0.5, 0.6) is 5.75 Å². The Morgan fingerprint density at radius 1 is 0.880 bits per heavy atom. The Kier molecular flexibility index (Phi) is 13.9. The van der Waals surface area contributed by atoms with Gasteiger partial charge in [-0.15, -0.1) is 0 Å². The minimum atomic E-state index is -0.368. The highest BCUT2D eigenvalue weighted by Gasteiger charge is 2.25. The number of nitriles is 1. The van der Waals surface area contributed by atoms with Crippen LogP contribution in [0, 0.1) is 18.3 Å². The summed E-state index contributed by atoms with van der Waals surface area (Å²) in [5.41, 5.74) is 5.49. The molecule has 0 saturated carbocycles. The van der Waals surface area contributed by atoms with Gasteiger partial charge in [-0.3, -0.25) is 14.4 Å². The molecule has 0 fully saturated rings. The number of unbranched alkanes of at least 4 members (excludes halogenated alkanes) is 1. The third-order valence-electron chi connectivity index (χ3n) is 7.49. The first-order valence-electron chi connectivity index (χ1n) is 16.2. The van der Waals surface area contributed by atoms with Crippen molar-refractivity contribution in [2.24, 2.45) is 0 Å². The molecule has 254 valence electrons. The van der Waals surface area contributed by atoms with Crippen LogP contribution >= 0.6 is 11.8 Å². The molecule has 2 amide bonds. The van der Waals surface area contributed by atoms with E-state index in [0.29, 0.717) is 51.0 Å². The summed E-state index contributed by atoms with van der Waals surface area (Å²) < 4.78 is 5.84. The monoisotopic (exact) mass is 684 g/mol. The molecule has 4 aromatic carbocycles. The zero-order valence-electron chi connectivity index (χ0n) is 28.7. The maximum Gasteiger partial charge on any atom is 0.258 e. The van der Waals surface area contributed by atoms with E-state index in [9.17, 15) is 19.6 Å². The van der Waals surface area contributed by atoms with Gasteiger partial charge in [-0.05, 0) is 54.3 Å². The van der Waals surface area contributed by atoms with Crippen LogP contribution in [0.25, 0.3) is 22.3 Å². The van der Waals surface area contributed by atoms with Gasteiger partial charge in [0.05, 0.1) is 29.2 Å². The fourth-order valence-corrected chi connectivity index (χ4v) is 5.84. The molecular formula is C41H40N4O4S. The molecule has 1 heterocycles. The molecule has 0 atom stereocenters. The first-order chi connectivity index (χ1) is 24.2. The highest BCUT2D eigenvalue weighted by molar-refractivity contribution is 8.00. The number of anilines is 1. The van der Waals surface area contributed by atoms with Crippen molar-refractivity contribution in [1.82, 2.24) is 9.88 Å². The predicted octanol–water partition coefficient (Wildman–Crippen LogP) is 8.71. The Hall–Kier alpha value is -5.72. The molecule has 8 nitrogen and oxygen atoms in total. The molecule has 1 aromatic heterocycles. The molecular weight excluding hydrogens is 645 g/mol. The first kappa shape index (κ1) is 37.1. The zero-order chi connectivity index (χ0) is 35.9. The van der Waals surface area contributed by atoms with Crippen molar-refractivity contribution >= 4 is 35.5 Å². The van der Waals surface area contributed by atoms with E-state index in [1.165, 1.54) is 16.7 Å². The average molecular weight is 685 g/mol. The number of aryl methyl sites for hydroxylation is 1. The number of carbonyl (C=O) groups excluding carboxylic acids is 3. The van der Waals surface area contributed by atoms with E-state index in [2.05, 4.69) is 23.3 Å². The van der Waals surface area contributed by atoms with Crippen LogP contribution in [0.2, 0.25) is 0 Å². The Bertz CT molecular complexity index is 1920. The molecule has 9 heteroatoms. The van der Waals surface area contributed by atoms with E-state index >= 15 is 0 Å². The minimum absolute atomic E-state index is 0.0796. The number of para-hydroxylation sites is 1. The average Bonchev–Trinajstić information content (AvgIpc) is 3.15. The molecule has 0 spiro atoms. The number of benzene rings is 4. The lowest BCUT2D eigenvalue weighted by atomic mass is 9.94. The maximum absolute atomic E-state index is 13.7. The summed E-state index contributed by atoms with van der Waals surface area (Å²) in [5, 5.41) is 13.8. The van der Waals surface area contributed by atoms with Crippen molar-refractivity contribution < 1.29 is 19.1 Å². The summed E-state index contributed by atoms with van der Waals surface area (Å²) in [6.07, 6.45) is 2.73. The number of aromatic nitrogens is 1. The summed E-state index contributed by atoms with van der Waals surface area (Å²) in [6, 6.07) is 36.3. The highest BCUT2D eigenvalue weighted by atomic mass is 32.2. The summed E-state index contributed by atoms with van der Waals surface area (Å²) >= 11 is 1.20. The summed E-state index contributed by atoms with van der Waals surface area (Å²) in [4.78, 5) is 42.5. The summed E-state index contributed by atoms with van der Waals surface area (Å²) in [5.74, 6) is 0.353. The third kappa shape index (κ3) is 10.1. The number of carbonyl (C=O) groups is 3. The van der Waals surface area contributed by atoms with Crippen LogP contribution in [-0.2, 0) is 4.79 Å². The molecule has 5 aromatic rings. The van der Waals surface area contributed by atoms with Gasteiger partial charge < -0.3 is 15.0 Å². The van der Waals surface area contributed by atoms with E-state index in [1.807, 2.05) is 97.1 Å². The fraction of sp³-hybridized carbons (Fsp3) is 0.195. The number of nitrogens with zero attached hydrogens (tertiary/aromatic N) is 3. The summed E-state index contributed by atoms with van der Waals surface area (Å²) in [6.45, 7) is 4.47. The van der Waals surface area contributed by atoms with Gasteiger partial charge in [-0.2, -0.15) is 5.26 Å². The molecule has 5 rings (SSSR count). The maximum atomic E-state index is 13.7. The van der Waals surface area contributed by atoms with Crippen molar-refractivity contribution in [3.63, 3.8) is 0 Å². The Morgan fingerprint density at radius 3 is 2.04 bits per heavy atom.